The molecule has 0 fully saturated rings. The molecule has 0 radical (unpaired) electrons. The molecule has 0 spiro atoms. The summed E-state index contributed by atoms with van der Waals surface area (Å²) in [5.74, 6) is -0.510. The summed E-state index contributed by atoms with van der Waals surface area (Å²) in [4.78, 5) is 4.18. The first-order valence-corrected chi connectivity index (χ1v) is 5.54. The smallest absolute Gasteiger partial charge is 0.143 e. The summed E-state index contributed by atoms with van der Waals surface area (Å²) < 4.78 is 13.4. The number of benzene rings is 1. The second-order valence-electron chi connectivity index (χ2n) is 3.97. The van der Waals surface area contributed by atoms with Crippen LogP contribution in [0, 0.1) is 24.1 Å². The molecule has 0 bridgehead atoms. The molecule has 0 atom stereocenters. The van der Waals surface area contributed by atoms with Crippen LogP contribution in [0.25, 0.3) is 0 Å². The van der Waals surface area contributed by atoms with Crippen LogP contribution in [0.2, 0.25) is 0 Å². The molecule has 90 valence electrons. The van der Waals surface area contributed by atoms with Crippen LogP contribution >= 0.6 is 0 Å². The van der Waals surface area contributed by atoms with Gasteiger partial charge in [-0.2, -0.15) is 5.26 Å². The Kier molecular flexibility index (Phi) is 3.54. The summed E-state index contributed by atoms with van der Waals surface area (Å²) >= 11 is 0. The van der Waals surface area contributed by atoms with Gasteiger partial charge in [0.05, 0.1) is 5.56 Å². The molecule has 4 heteroatoms. The minimum absolute atomic E-state index is 0.0533. The Balaban J connectivity index is 2.04. The van der Waals surface area contributed by atoms with Crippen LogP contribution in [0.3, 0.4) is 0 Å². The van der Waals surface area contributed by atoms with Gasteiger partial charge in [-0.3, -0.25) is 4.98 Å². The third kappa shape index (κ3) is 2.83. The van der Waals surface area contributed by atoms with Gasteiger partial charge in [-0.1, -0.05) is 6.07 Å². The molecule has 3 nitrogen and oxygen atoms in total. The first-order chi connectivity index (χ1) is 8.69. The first kappa shape index (κ1) is 12.1. The number of nitriles is 1. The third-order valence-electron chi connectivity index (χ3n) is 2.56. The van der Waals surface area contributed by atoms with E-state index in [-0.39, 0.29) is 5.56 Å². The predicted molar refractivity (Wildman–Crippen MR) is 67.4 cm³/mol. The van der Waals surface area contributed by atoms with Crippen LogP contribution in [0.15, 0.2) is 36.5 Å². The summed E-state index contributed by atoms with van der Waals surface area (Å²) in [6, 6.07) is 10.2. The number of aryl methyl sites for hydroxylation is 1. The Morgan fingerprint density at radius 1 is 1.33 bits per heavy atom. The van der Waals surface area contributed by atoms with Crippen molar-refractivity contribution >= 4 is 5.69 Å². The van der Waals surface area contributed by atoms with Crippen molar-refractivity contribution in [3.63, 3.8) is 0 Å². The van der Waals surface area contributed by atoms with Crippen molar-refractivity contribution in [1.82, 2.24) is 4.98 Å². The van der Waals surface area contributed by atoms with Gasteiger partial charge in [-0.05, 0) is 36.8 Å². The molecule has 0 aliphatic rings. The lowest BCUT2D eigenvalue weighted by molar-refractivity contribution is 0.624. The van der Waals surface area contributed by atoms with E-state index in [0.717, 1.165) is 11.3 Å². The number of aromatic nitrogens is 1. The lowest BCUT2D eigenvalue weighted by Gasteiger charge is -2.07. The zero-order valence-corrected chi connectivity index (χ0v) is 9.94. The summed E-state index contributed by atoms with van der Waals surface area (Å²) in [5.41, 5.74) is 2.68. The van der Waals surface area contributed by atoms with E-state index in [1.807, 2.05) is 19.1 Å². The summed E-state index contributed by atoms with van der Waals surface area (Å²) in [7, 11) is 0. The van der Waals surface area contributed by atoms with E-state index in [0.29, 0.717) is 12.2 Å². The molecule has 0 aliphatic carbocycles. The molecule has 0 aliphatic heterocycles. The number of rotatable bonds is 3. The van der Waals surface area contributed by atoms with Crippen molar-refractivity contribution < 1.29 is 4.39 Å². The molecule has 2 rings (SSSR count). The lowest BCUT2D eigenvalue weighted by atomic mass is 10.2. The topological polar surface area (TPSA) is 48.7 Å². The summed E-state index contributed by atoms with van der Waals surface area (Å²) in [5, 5.41) is 11.7. The molecule has 1 aromatic carbocycles. The maximum Gasteiger partial charge on any atom is 0.143 e. The van der Waals surface area contributed by atoms with Crippen LogP contribution in [-0.2, 0) is 6.54 Å². The van der Waals surface area contributed by atoms with Gasteiger partial charge < -0.3 is 5.32 Å². The zero-order chi connectivity index (χ0) is 13.0. The zero-order valence-electron chi connectivity index (χ0n) is 9.94. The van der Waals surface area contributed by atoms with Gasteiger partial charge in [0, 0.05) is 24.1 Å². The van der Waals surface area contributed by atoms with E-state index in [4.69, 9.17) is 5.26 Å². The number of nitrogens with zero attached hydrogens (tertiary/aromatic N) is 2. The fraction of sp³-hybridized carbons (Fsp3) is 0.143. The standard InChI is InChI=1S/C14H12FN3/c1-10-2-3-11(8-17-10)9-18-13-5-4-12(7-16)14(15)6-13/h2-6,8,18H,9H2,1H3. The maximum absolute atomic E-state index is 13.4. The van der Waals surface area contributed by atoms with Gasteiger partial charge >= 0.3 is 0 Å². The highest BCUT2D eigenvalue weighted by Crippen LogP contribution is 2.14. The largest absolute Gasteiger partial charge is 0.381 e. The number of pyridine rings is 1. The first-order valence-electron chi connectivity index (χ1n) is 5.54. The van der Waals surface area contributed by atoms with E-state index in [1.54, 1.807) is 18.3 Å². The molecule has 0 saturated heterocycles. The van der Waals surface area contributed by atoms with E-state index < -0.39 is 5.82 Å². The van der Waals surface area contributed by atoms with Crippen molar-refractivity contribution in [2.75, 3.05) is 5.32 Å². The Bertz CT molecular complexity index is 585. The van der Waals surface area contributed by atoms with E-state index in [1.165, 1.54) is 12.1 Å². The predicted octanol–water partition coefficient (Wildman–Crippen LogP) is 3.01. The number of hydrogen-bond acceptors (Lipinski definition) is 3. The highest BCUT2D eigenvalue weighted by molar-refractivity contribution is 5.48. The van der Waals surface area contributed by atoms with Gasteiger partial charge in [0.25, 0.3) is 0 Å². The van der Waals surface area contributed by atoms with Crippen LogP contribution in [0.5, 0.6) is 0 Å². The van der Waals surface area contributed by atoms with Gasteiger partial charge in [-0.25, -0.2) is 4.39 Å². The Morgan fingerprint density at radius 3 is 2.78 bits per heavy atom. The highest BCUT2D eigenvalue weighted by Gasteiger charge is 2.02. The average molecular weight is 241 g/mol. The molecule has 18 heavy (non-hydrogen) atoms. The van der Waals surface area contributed by atoms with Crippen molar-refractivity contribution in [3.05, 3.63) is 59.2 Å². The summed E-state index contributed by atoms with van der Waals surface area (Å²) in [6.45, 7) is 2.49. The van der Waals surface area contributed by atoms with E-state index in [9.17, 15) is 4.39 Å². The van der Waals surface area contributed by atoms with Crippen LogP contribution in [0.4, 0.5) is 10.1 Å². The van der Waals surface area contributed by atoms with Gasteiger partial charge in [0.1, 0.15) is 11.9 Å². The second-order valence-corrected chi connectivity index (χ2v) is 3.97. The SMILES string of the molecule is Cc1ccc(CNc2ccc(C#N)c(F)c2)cn1. The highest BCUT2D eigenvalue weighted by atomic mass is 19.1. The van der Waals surface area contributed by atoms with E-state index >= 15 is 0 Å². The molecule has 2 aromatic rings. The van der Waals surface area contributed by atoms with Gasteiger partial charge in [0.2, 0.25) is 0 Å². The molecule has 0 saturated carbocycles. The van der Waals surface area contributed by atoms with E-state index in [2.05, 4.69) is 10.3 Å². The minimum atomic E-state index is -0.510. The lowest BCUT2D eigenvalue weighted by Crippen LogP contribution is -2.00. The average Bonchev–Trinajstić information content (AvgIpc) is 2.38. The quantitative estimate of drug-likeness (QED) is 0.898. The maximum atomic E-state index is 13.4. The molecule has 1 heterocycles. The van der Waals surface area contributed by atoms with Crippen LogP contribution < -0.4 is 5.32 Å². The molecule has 0 unspecified atom stereocenters. The molecular weight excluding hydrogens is 229 g/mol. The Labute approximate surface area is 105 Å². The fourth-order valence-electron chi connectivity index (χ4n) is 1.52. The minimum Gasteiger partial charge on any atom is -0.381 e. The number of nitrogens with one attached hydrogen (secondary N) is 1. The van der Waals surface area contributed by atoms with Crippen LogP contribution in [-0.4, -0.2) is 4.98 Å². The van der Waals surface area contributed by atoms with Gasteiger partial charge in [-0.15, -0.1) is 0 Å². The second kappa shape index (κ2) is 5.28. The Hall–Kier alpha value is -2.41. The van der Waals surface area contributed by atoms with Crippen molar-refractivity contribution in [2.24, 2.45) is 0 Å². The number of halogens is 1. The van der Waals surface area contributed by atoms with Crippen LogP contribution in [0.1, 0.15) is 16.8 Å². The monoisotopic (exact) mass is 241 g/mol. The number of hydrogen-bond donors (Lipinski definition) is 1. The molecule has 0 amide bonds. The molecular formula is C14H12FN3. The molecule has 1 N–H and O–H groups in total. The summed E-state index contributed by atoms with van der Waals surface area (Å²) in [6.07, 6.45) is 1.78. The van der Waals surface area contributed by atoms with Crippen molar-refractivity contribution in [3.8, 4) is 6.07 Å². The van der Waals surface area contributed by atoms with Crippen molar-refractivity contribution in [1.29, 1.82) is 5.26 Å². The van der Waals surface area contributed by atoms with Crippen molar-refractivity contribution in [2.45, 2.75) is 13.5 Å². The third-order valence-corrected chi connectivity index (χ3v) is 2.56. The number of anilines is 1. The normalized spacial score (nSPS) is 9.83. The Morgan fingerprint density at radius 2 is 2.17 bits per heavy atom. The molecule has 1 aromatic heterocycles. The van der Waals surface area contributed by atoms with Gasteiger partial charge in [0.15, 0.2) is 0 Å². The fourth-order valence-corrected chi connectivity index (χ4v) is 1.52.